The molecular weight excluding hydrogens is 332 g/mol. The van der Waals surface area contributed by atoms with Crippen molar-refractivity contribution < 1.29 is 9.53 Å². The van der Waals surface area contributed by atoms with E-state index in [1.165, 1.54) is 4.90 Å². The summed E-state index contributed by atoms with van der Waals surface area (Å²) in [6.45, 7) is 1.89. The number of carbonyl (C=O) groups excluding carboxylic acids is 1. The van der Waals surface area contributed by atoms with E-state index in [0.29, 0.717) is 19.8 Å². The van der Waals surface area contributed by atoms with Crippen LogP contribution in [0.4, 0.5) is 0 Å². The van der Waals surface area contributed by atoms with Gasteiger partial charge in [-0.05, 0) is 42.5 Å². The largest absolute Gasteiger partial charge is 0.381 e. The zero-order valence-corrected chi connectivity index (χ0v) is 15.0. The zero-order valence-electron chi connectivity index (χ0n) is 14.2. The molecule has 2 aromatic rings. The van der Waals surface area contributed by atoms with Gasteiger partial charge in [0.25, 0.3) is 0 Å². The first-order valence-corrected chi connectivity index (χ1v) is 9.47. The number of amides is 1. The lowest BCUT2D eigenvalue weighted by molar-refractivity contribution is -0.124. The topological polar surface area (TPSA) is 64.4 Å². The molecule has 0 bridgehead atoms. The van der Waals surface area contributed by atoms with Gasteiger partial charge in [-0.15, -0.1) is 0 Å². The van der Waals surface area contributed by atoms with Gasteiger partial charge in [0.15, 0.2) is 0 Å². The van der Waals surface area contributed by atoms with Crippen molar-refractivity contribution in [3.8, 4) is 0 Å². The van der Waals surface area contributed by atoms with Gasteiger partial charge >= 0.3 is 0 Å². The number of nitrogens with one attached hydrogen (secondary N) is 1. The normalized spacial score (nSPS) is 16.4. The lowest BCUT2D eigenvalue weighted by atomic mass is 9.92. The van der Waals surface area contributed by atoms with E-state index in [1.54, 1.807) is 11.8 Å². The number of carbonyl (C=O) groups is 1. The van der Waals surface area contributed by atoms with Gasteiger partial charge < -0.3 is 15.8 Å². The Balaban J connectivity index is 1.60. The predicted octanol–water partition coefficient (Wildman–Crippen LogP) is 3.21. The molecule has 3 N–H and O–H groups in total. The number of hydrogen-bond acceptors (Lipinski definition) is 4. The van der Waals surface area contributed by atoms with Crippen LogP contribution < -0.4 is 11.1 Å². The fourth-order valence-corrected chi connectivity index (χ4v) is 3.92. The van der Waals surface area contributed by atoms with Crippen molar-refractivity contribution in [3.05, 3.63) is 60.2 Å². The Kier molecular flexibility index (Phi) is 6.50. The van der Waals surface area contributed by atoms with Crippen LogP contribution in [-0.2, 0) is 16.1 Å². The molecule has 0 radical (unpaired) electrons. The highest BCUT2D eigenvalue weighted by molar-refractivity contribution is 7.99. The summed E-state index contributed by atoms with van der Waals surface area (Å²) in [6, 6.07) is 17.9. The van der Waals surface area contributed by atoms with Crippen LogP contribution in [0.1, 0.15) is 18.4 Å². The minimum atomic E-state index is -0.460. The quantitative estimate of drug-likeness (QED) is 0.834. The van der Waals surface area contributed by atoms with Crippen LogP contribution in [0.15, 0.2) is 64.4 Å². The molecule has 1 saturated heterocycles. The Morgan fingerprint density at radius 2 is 1.80 bits per heavy atom. The average molecular weight is 356 g/mol. The summed E-state index contributed by atoms with van der Waals surface area (Å²) in [5, 5.41) is 3.00. The molecule has 132 valence electrons. The van der Waals surface area contributed by atoms with E-state index in [-0.39, 0.29) is 11.8 Å². The van der Waals surface area contributed by atoms with Gasteiger partial charge in [-0.2, -0.15) is 0 Å². The van der Waals surface area contributed by atoms with E-state index in [2.05, 4.69) is 23.5 Å². The second-order valence-electron chi connectivity index (χ2n) is 6.22. The number of nitrogens with two attached hydrogens (primary N) is 1. The fraction of sp³-hybridized carbons (Fsp3) is 0.350. The average Bonchev–Trinajstić information content (AvgIpc) is 2.68. The first-order chi connectivity index (χ1) is 12.2. The maximum absolute atomic E-state index is 12.4. The highest BCUT2D eigenvalue weighted by Crippen LogP contribution is 2.30. The zero-order chi connectivity index (χ0) is 17.5. The van der Waals surface area contributed by atoms with Gasteiger partial charge in [-0.3, -0.25) is 4.79 Å². The van der Waals surface area contributed by atoms with Crippen molar-refractivity contribution in [2.45, 2.75) is 35.2 Å². The Labute approximate surface area is 153 Å². The molecule has 2 aromatic carbocycles. The molecule has 1 aliphatic heterocycles. The first kappa shape index (κ1) is 18.0. The number of hydrogen-bond donors (Lipinski definition) is 2. The Morgan fingerprint density at radius 3 is 2.56 bits per heavy atom. The van der Waals surface area contributed by atoms with E-state index in [0.717, 1.165) is 23.3 Å². The van der Waals surface area contributed by atoms with Crippen LogP contribution in [0, 0.1) is 5.92 Å². The predicted molar refractivity (Wildman–Crippen MR) is 100 cm³/mol. The third-order valence-corrected chi connectivity index (χ3v) is 5.60. The molecule has 1 amide bonds. The highest BCUT2D eigenvalue weighted by Gasteiger charge is 2.26. The molecule has 4 nitrogen and oxygen atoms in total. The van der Waals surface area contributed by atoms with Crippen LogP contribution in [0.3, 0.4) is 0 Å². The van der Waals surface area contributed by atoms with Gasteiger partial charge in [0.1, 0.15) is 0 Å². The number of ether oxygens (including phenoxy) is 1. The Hall–Kier alpha value is -1.82. The number of benzene rings is 2. The molecule has 0 aromatic heterocycles. The van der Waals surface area contributed by atoms with Crippen molar-refractivity contribution in [2.75, 3.05) is 13.2 Å². The SMILES string of the molecule is NC(C(=O)NCc1ccccc1Sc1ccccc1)C1CCOCC1. The Bertz CT molecular complexity index is 687. The van der Waals surface area contributed by atoms with Crippen molar-refractivity contribution >= 4 is 17.7 Å². The van der Waals surface area contributed by atoms with Crippen LogP contribution in [0.2, 0.25) is 0 Å². The molecule has 1 atom stereocenters. The van der Waals surface area contributed by atoms with Gasteiger partial charge in [0, 0.05) is 29.5 Å². The summed E-state index contributed by atoms with van der Waals surface area (Å²) >= 11 is 1.70. The van der Waals surface area contributed by atoms with Crippen molar-refractivity contribution in [3.63, 3.8) is 0 Å². The summed E-state index contributed by atoms with van der Waals surface area (Å²) in [7, 11) is 0. The van der Waals surface area contributed by atoms with Gasteiger partial charge in [-0.25, -0.2) is 0 Å². The van der Waals surface area contributed by atoms with Crippen molar-refractivity contribution in [2.24, 2.45) is 11.7 Å². The molecule has 1 unspecified atom stereocenters. The van der Waals surface area contributed by atoms with Gasteiger partial charge in [-0.1, -0.05) is 48.2 Å². The third-order valence-electron chi connectivity index (χ3n) is 4.47. The summed E-state index contributed by atoms with van der Waals surface area (Å²) < 4.78 is 5.34. The molecule has 1 fully saturated rings. The van der Waals surface area contributed by atoms with Crippen LogP contribution in [-0.4, -0.2) is 25.2 Å². The molecule has 1 heterocycles. The van der Waals surface area contributed by atoms with E-state index < -0.39 is 6.04 Å². The fourth-order valence-electron chi connectivity index (χ4n) is 2.95. The molecule has 25 heavy (non-hydrogen) atoms. The molecule has 5 heteroatoms. The van der Waals surface area contributed by atoms with E-state index >= 15 is 0 Å². The third kappa shape index (κ3) is 5.08. The summed E-state index contributed by atoms with van der Waals surface area (Å²) in [6.07, 6.45) is 1.71. The minimum absolute atomic E-state index is 0.0774. The second-order valence-corrected chi connectivity index (χ2v) is 7.33. The van der Waals surface area contributed by atoms with E-state index in [1.807, 2.05) is 36.4 Å². The second kappa shape index (κ2) is 9.04. The summed E-state index contributed by atoms with van der Waals surface area (Å²) in [4.78, 5) is 14.7. The smallest absolute Gasteiger partial charge is 0.237 e. The van der Waals surface area contributed by atoms with Crippen LogP contribution >= 0.6 is 11.8 Å². The monoisotopic (exact) mass is 356 g/mol. The molecule has 3 rings (SSSR count). The summed E-state index contributed by atoms with van der Waals surface area (Å²) in [5.74, 6) is 0.133. The molecular formula is C20H24N2O2S. The standard InChI is InChI=1S/C20H24N2O2S/c21-19(15-10-12-24-13-11-15)20(23)22-14-16-6-4-5-9-18(16)25-17-7-2-1-3-8-17/h1-9,15,19H,10-14,21H2,(H,22,23). The van der Waals surface area contributed by atoms with Crippen LogP contribution in [0.25, 0.3) is 0 Å². The summed E-state index contributed by atoms with van der Waals surface area (Å²) in [5.41, 5.74) is 7.25. The van der Waals surface area contributed by atoms with Gasteiger partial charge in [0.2, 0.25) is 5.91 Å². The minimum Gasteiger partial charge on any atom is -0.381 e. The maximum Gasteiger partial charge on any atom is 0.237 e. The van der Waals surface area contributed by atoms with Gasteiger partial charge in [0.05, 0.1) is 6.04 Å². The maximum atomic E-state index is 12.4. The van der Waals surface area contributed by atoms with Crippen molar-refractivity contribution in [1.29, 1.82) is 0 Å². The first-order valence-electron chi connectivity index (χ1n) is 8.66. The molecule has 0 spiro atoms. The molecule has 0 aliphatic carbocycles. The van der Waals surface area contributed by atoms with E-state index in [9.17, 15) is 4.79 Å². The molecule has 0 saturated carbocycles. The number of rotatable bonds is 6. The lowest BCUT2D eigenvalue weighted by Gasteiger charge is -2.26. The van der Waals surface area contributed by atoms with E-state index in [4.69, 9.17) is 10.5 Å². The Morgan fingerprint density at radius 1 is 1.12 bits per heavy atom. The molecule has 1 aliphatic rings. The van der Waals surface area contributed by atoms with Crippen molar-refractivity contribution in [1.82, 2.24) is 5.32 Å². The highest BCUT2D eigenvalue weighted by atomic mass is 32.2. The van der Waals surface area contributed by atoms with Crippen LogP contribution in [0.5, 0.6) is 0 Å². The lowest BCUT2D eigenvalue weighted by Crippen LogP contribution is -2.46.